The van der Waals surface area contributed by atoms with Crippen LogP contribution in [0.15, 0.2) is 102 Å². The number of benzene rings is 4. The summed E-state index contributed by atoms with van der Waals surface area (Å²) in [5.41, 5.74) is 8.54. The Morgan fingerprint density at radius 3 is 2.57 bits per heavy atom. The van der Waals surface area contributed by atoms with Crippen molar-refractivity contribution in [1.82, 2.24) is 19.5 Å². The highest BCUT2D eigenvalue weighted by atomic mass is 35.5. The van der Waals surface area contributed by atoms with Crippen molar-refractivity contribution in [1.29, 1.82) is 5.41 Å². The average Bonchev–Trinajstić information content (AvgIpc) is 3.49. The lowest BCUT2D eigenvalue weighted by Crippen LogP contribution is -2.56. The topological polar surface area (TPSA) is 145 Å². The monoisotopic (exact) mass is 674 g/mol. The van der Waals surface area contributed by atoms with E-state index >= 15 is 0 Å². The highest BCUT2D eigenvalue weighted by Gasteiger charge is 2.34. The number of amides is 1. The van der Waals surface area contributed by atoms with Crippen LogP contribution < -0.4 is 15.2 Å². The molecule has 0 aliphatic carbocycles. The minimum absolute atomic E-state index is 0. The van der Waals surface area contributed by atoms with Gasteiger partial charge in [-0.2, -0.15) is 4.72 Å². The SMILES string of the molecule is CN(C(=O)C(Cc1c[nH]c2ccccc12)NS(=O)(=O)c1ccc2cc(OCc3ccccc3)ccc2c1)C1CCCN(C(=N)N)C1.Cl. The maximum Gasteiger partial charge on any atom is 0.241 e. The number of fused-ring (bicyclic) bond motifs is 2. The molecule has 0 saturated carbocycles. The van der Waals surface area contributed by atoms with Crippen LogP contribution in [0.2, 0.25) is 0 Å². The van der Waals surface area contributed by atoms with Crippen LogP contribution in [-0.4, -0.2) is 67.3 Å². The van der Waals surface area contributed by atoms with Gasteiger partial charge in [0.1, 0.15) is 18.4 Å². The van der Waals surface area contributed by atoms with E-state index in [4.69, 9.17) is 15.9 Å². The second-order valence-corrected chi connectivity index (χ2v) is 13.5. The number of H-pyrrole nitrogens is 1. The standard InChI is InChI=1S/C35H38N6O4S.ClH/c1-40(28-10-7-17-41(22-28)35(36)37)34(42)33(20-27-21-38-32-12-6-5-11-31(27)32)39-46(43,44)30-16-14-25-18-29(15-13-26(25)19-30)45-23-24-8-3-2-4-9-24;/h2-6,8-9,11-16,18-19,21,28,33,38-39H,7,10,17,20,22-23H2,1H3,(H3,36,37);1H. The maximum atomic E-state index is 14.1. The van der Waals surface area contributed by atoms with Crippen LogP contribution in [0, 0.1) is 5.41 Å². The van der Waals surface area contributed by atoms with E-state index in [-0.39, 0.29) is 41.6 Å². The average molecular weight is 675 g/mol. The maximum absolute atomic E-state index is 14.1. The van der Waals surface area contributed by atoms with Crippen molar-refractivity contribution >= 4 is 56.0 Å². The van der Waals surface area contributed by atoms with E-state index in [0.717, 1.165) is 45.6 Å². The number of guanidine groups is 1. The molecule has 0 spiro atoms. The van der Waals surface area contributed by atoms with E-state index in [2.05, 4.69) is 9.71 Å². The van der Waals surface area contributed by atoms with Gasteiger partial charge in [-0.1, -0.05) is 60.7 Å². The molecule has 5 N–H and O–H groups in total. The number of nitrogens with two attached hydrogens (primary N) is 1. The van der Waals surface area contributed by atoms with Gasteiger partial charge in [-0.15, -0.1) is 12.4 Å². The number of aromatic nitrogens is 1. The Hall–Kier alpha value is -4.58. The van der Waals surface area contributed by atoms with E-state index in [1.807, 2.05) is 79.0 Å². The smallest absolute Gasteiger partial charge is 0.241 e. The van der Waals surface area contributed by atoms with E-state index in [1.54, 1.807) is 35.0 Å². The van der Waals surface area contributed by atoms with Gasteiger partial charge in [0.15, 0.2) is 5.96 Å². The largest absolute Gasteiger partial charge is 0.489 e. The lowest BCUT2D eigenvalue weighted by Gasteiger charge is -2.39. The first-order valence-corrected chi connectivity index (χ1v) is 16.8. The summed E-state index contributed by atoms with van der Waals surface area (Å²) < 4.78 is 36.5. The molecule has 2 heterocycles. The normalized spacial score (nSPS) is 15.6. The van der Waals surface area contributed by atoms with Crippen molar-refractivity contribution in [2.24, 2.45) is 5.73 Å². The van der Waals surface area contributed by atoms with Crippen LogP contribution in [-0.2, 0) is 27.8 Å². The summed E-state index contributed by atoms with van der Waals surface area (Å²) in [4.78, 5) is 20.7. The van der Waals surface area contributed by atoms with Crippen LogP contribution in [0.4, 0.5) is 0 Å². The second-order valence-electron chi connectivity index (χ2n) is 11.8. The molecular weight excluding hydrogens is 636 g/mol. The first kappa shape index (κ1) is 33.8. The summed E-state index contributed by atoms with van der Waals surface area (Å²) >= 11 is 0. The molecule has 6 rings (SSSR count). The van der Waals surface area contributed by atoms with Crippen molar-refractivity contribution in [2.45, 2.75) is 42.8 Å². The van der Waals surface area contributed by atoms with Crippen LogP contribution in [0.5, 0.6) is 5.75 Å². The molecule has 1 amide bonds. The molecule has 5 aromatic rings. The lowest BCUT2D eigenvalue weighted by atomic mass is 10.0. The summed E-state index contributed by atoms with van der Waals surface area (Å²) in [5.74, 6) is 0.307. The van der Waals surface area contributed by atoms with Crippen molar-refractivity contribution < 1.29 is 17.9 Å². The van der Waals surface area contributed by atoms with Crippen LogP contribution in [0.3, 0.4) is 0 Å². The predicted molar refractivity (Wildman–Crippen MR) is 187 cm³/mol. The molecule has 1 aliphatic rings. The van der Waals surface area contributed by atoms with Gasteiger partial charge in [-0.25, -0.2) is 8.42 Å². The quantitative estimate of drug-likeness (QED) is 0.121. The third kappa shape index (κ3) is 7.70. The Balaban J connectivity index is 0.00000433. The number of hydrogen-bond donors (Lipinski definition) is 4. The number of rotatable bonds is 10. The fourth-order valence-corrected chi connectivity index (χ4v) is 7.29. The van der Waals surface area contributed by atoms with E-state index in [9.17, 15) is 13.2 Å². The van der Waals surface area contributed by atoms with Crippen molar-refractivity contribution in [2.75, 3.05) is 20.1 Å². The van der Waals surface area contributed by atoms with E-state index in [0.29, 0.717) is 25.4 Å². The first-order valence-electron chi connectivity index (χ1n) is 15.3. The predicted octanol–water partition coefficient (Wildman–Crippen LogP) is 5.03. The molecule has 10 nitrogen and oxygen atoms in total. The number of sulfonamides is 1. The van der Waals surface area contributed by atoms with E-state index < -0.39 is 16.1 Å². The molecule has 1 aliphatic heterocycles. The number of likely N-dealkylation sites (tertiary alicyclic amines) is 1. The fraction of sp³-hybridized carbons (Fsp3) is 0.257. The molecule has 2 atom stereocenters. The first-order chi connectivity index (χ1) is 22.2. The Morgan fingerprint density at radius 2 is 1.79 bits per heavy atom. The minimum Gasteiger partial charge on any atom is -0.489 e. The van der Waals surface area contributed by atoms with Gasteiger partial charge >= 0.3 is 0 Å². The summed E-state index contributed by atoms with van der Waals surface area (Å²) in [7, 11) is -2.41. The molecule has 1 saturated heterocycles. The van der Waals surface area contributed by atoms with Crippen LogP contribution >= 0.6 is 12.4 Å². The Kier molecular flexibility index (Phi) is 10.4. The molecule has 246 valence electrons. The third-order valence-corrected chi connectivity index (χ3v) is 10.1. The number of likely N-dealkylation sites (N-methyl/N-ethyl adjacent to an activating group) is 1. The Labute approximate surface area is 280 Å². The molecule has 47 heavy (non-hydrogen) atoms. The van der Waals surface area contributed by atoms with Crippen molar-refractivity contribution in [3.63, 3.8) is 0 Å². The Bertz CT molecular complexity index is 1980. The second kappa shape index (κ2) is 14.5. The summed E-state index contributed by atoms with van der Waals surface area (Å²) in [5, 5.41) is 10.4. The van der Waals surface area contributed by atoms with Gasteiger partial charge in [-0.05, 0) is 71.5 Å². The number of nitrogens with one attached hydrogen (secondary N) is 3. The number of carbonyl (C=O) groups is 1. The number of halogens is 1. The third-order valence-electron chi connectivity index (χ3n) is 8.67. The molecule has 2 unspecified atom stereocenters. The molecule has 1 fully saturated rings. The minimum atomic E-state index is -4.10. The molecule has 1 aromatic heterocycles. The molecule has 12 heteroatoms. The van der Waals surface area contributed by atoms with Gasteiger partial charge in [0, 0.05) is 43.3 Å². The van der Waals surface area contributed by atoms with Crippen LogP contribution in [0.25, 0.3) is 21.7 Å². The highest BCUT2D eigenvalue weighted by molar-refractivity contribution is 7.89. The summed E-state index contributed by atoms with van der Waals surface area (Å²) in [6.07, 6.45) is 3.49. The number of piperidine rings is 1. The zero-order valence-corrected chi connectivity index (χ0v) is 27.7. The van der Waals surface area contributed by atoms with Gasteiger partial charge < -0.3 is 25.3 Å². The van der Waals surface area contributed by atoms with Crippen molar-refractivity contribution in [3.05, 3.63) is 108 Å². The van der Waals surface area contributed by atoms with Gasteiger partial charge in [0.2, 0.25) is 15.9 Å². The molecule has 4 aromatic carbocycles. The number of hydrogen-bond acceptors (Lipinski definition) is 5. The van der Waals surface area contributed by atoms with Gasteiger partial charge in [-0.3, -0.25) is 10.2 Å². The molecule has 0 bridgehead atoms. The Morgan fingerprint density at radius 1 is 1.06 bits per heavy atom. The molecular formula is C35H39ClN6O4S. The number of aromatic amines is 1. The van der Waals surface area contributed by atoms with E-state index in [1.165, 1.54) is 0 Å². The van der Waals surface area contributed by atoms with Crippen molar-refractivity contribution in [3.8, 4) is 5.75 Å². The summed E-state index contributed by atoms with van der Waals surface area (Å²) in [6, 6.07) is 26.8. The number of carbonyl (C=O) groups excluding carboxylic acids is 1. The van der Waals surface area contributed by atoms with Gasteiger partial charge in [0.05, 0.1) is 4.90 Å². The fourth-order valence-electron chi connectivity index (χ4n) is 6.07. The zero-order chi connectivity index (χ0) is 32.3. The summed E-state index contributed by atoms with van der Waals surface area (Å²) in [6.45, 7) is 1.50. The number of ether oxygens (including phenoxy) is 1. The lowest BCUT2D eigenvalue weighted by molar-refractivity contribution is -0.134. The van der Waals surface area contributed by atoms with Gasteiger partial charge in [0.25, 0.3) is 0 Å². The number of para-hydroxylation sites is 1. The highest BCUT2D eigenvalue weighted by Crippen LogP contribution is 2.26. The van der Waals surface area contributed by atoms with Crippen LogP contribution in [0.1, 0.15) is 24.0 Å². The number of nitrogens with zero attached hydrogens (tertiary/aromatic N) is 2. The zero-order valence-electron chi connectivity index (χ0n) is 26.1. The molecule has 0 radical (unpaired) electrons.